The molecule has 0 atom stereocenters. The fourth-order valence-electron chi connectivity index (χ4n) is 2.65. The maximum atomic E-state index is 12.3. The van der Waals surface area contributed by atoms with Crippen LogP contribution in [0.4, 0.5) is 0 Å². The molecular weight excluding hydrogens is 334 g/mol. The van der Waals surface area contributed by atoms with E-state index in [0.29, 0.717) is 24.7 Å². The van der Waals surface area contributed by atoms with Crippen LogP contribution in [-0.4, -0.2) is 43.1 Å². The zero-order chi connectivity index (χ0) is 15.8. The number of carbonyl (C=O) groups is 1. The Morgan fingerprint density at radius 3 is 2.96 bits per heavy atom. The van der Waals surface area contributed by atoms with Crippen LogP contribution in [0.15, 0.2) is 27.5 Å². The molecule has 7 nitrogen and oxygen atoms in total. The molecule has 2 aliphatic rings. The lowest BCUT2D eigenvalue weighted by atomic mass is 10.3. The first kappa shape index (κ1) is 14.8. The van der Waals surface area contributed by atoms with Crippen molar-refractivity contribution in [2.45, 2.75) is 29.8 Å². The Bertz CT molecular complexity index is 808. The molecule has 1 amide bonds. The highest BCUT2D eigenvalue weighted by atomic mass is 32.2. The Balaban J connectivity index is 1.39. The highest BCUT2D eigenvalue weighted by molar-refractivity contribution is 7.99. The van der Waals surface area contributed by atoms with Crippen molar-refractivity contribution in [1.82, 2.24) is 24.4 Å². The van der Waals surface area contributed by atoms with E-state index in [0.717, 1.165) is 28.9 Å². The van der Waals surface area contributed by atoms with Gasteiger partial charge in [-0.1, -0.05) is 23.5 Å². The number of thioether (sulfide) groups is 2. The van der Waals surface area contributed by atoms with Gasteiger partial charge < -0.3 is 9.88 Å². The monoisotopic (exact) mass is 349 g/mol. The number of carbonyl (C=O) groups excluding carboxylic acids is 1. The van der Waals surface area contributed by atoms with E-state index in [2.05, 4.69) is 19.9 Å². The van der Waals surface area contributed by atoms with Gasteiger partial charge in [-0.25, -0.2) is 9.97 Å². The molecule has 0 saturated heterocycles. The number of fused-ring (bicyclic) bond motifs is 2. The smallest absolute Gasteiger partial charge is 0.267 e. The maximum absolute atomic E-state index is 12.3. The van der Waals surface area contributed by atoms with Gasteiger partial charge in [0.2, 0.25) is 0 Å². The van der Waals surface area contributed by atoms with Gasteiger partial charge in [-0.05, 0) is 0 Å². The molecule has 2 aromatic rings. The number of nitrogens with zero attached hydrogens (tertiary/aromatic N) is 4. The van der Waals surface area contributed by atoms with Crippen LogP contribution in [0.25, 0.3) is 0 Å². The van der Waals surface area contributed by atoms with E-state index >= 15 is 0 Å². The number of aryl methyl sites for hydroxylation is 1. The van der Waals surface area contributed by atoms with Crippen LogP contribution in [0, 0.1) is 0 Å². The molecule has 0 unspecified atom stereocenters. The highest BCUT2D eigenvalue weighted by Gasteiger charge is 2.20. The molecule has 0 radical (unpaired) electrons. The number of hydrogen-bond donors (Lipinski definition) is 1. The van der Waals surface area contributed by atoms with Gasteiger partial charge in [0.05, 0.1) is 5.69 Å². The zero-order valence-corrected chi connectivity index (χ0v) is 14.0. The van der Waals surface area contributed by atoms with Crippen molar-refractivity contribution in [3.63, 3.8) is 0 Å². The van der Waals surface area contributed by atoms with Crippen LogP contribution in [-0.2, 0) is 19.5 Å². The summed E-state index contributed by atoms with van der Waals surface area (Å²) in [6.07, 6.45) is 4.07. The topological polar surface area (TPSA) is 81.8 Å². The van der Waals surface area contributed by atoms with E-state index < -0.39 is 0 Å². The quantitative estimate of drug-likeness (QED) is 0.815. The molecule has 0 aromatic carbocycles. The van der Waals surface area contributed by atoms with E-state index in [9.17, 15) is 9.59 Å². The average Bonchev–Trinajstić information content (AvgIpc) is 3.22. The van der Waals surface area contributed by atoms with Crippen molar-refractivity contribution in [2.24, 2.45) is 0 Å². The summed E-state index contributed by atoms with van der Waals surface area (Å²) in [6.45, 7) is 2.07. The van der Waals surface area contributed by atoms with E-state index in [1.54, 1.807) is 16.3 Å². The number of rotatable bonds is 4. The summed E-state index contributed by atoms with van der Waals surface area (Å²) < 4.78 is 3.70. The molecule has 2 aliphatic heterocycles. The molecule has 4 rings (SSSR count). The van der Waals surface area contributed by atoms with E-state index in [1.807, 2.05) is 6.20 Å². The van der Waals surface area contributed by atoms with Crippen LogP contribution in [0.2, 0.25) is 0 Å². The zero-order valence-electron chi connectivity index (χ0n) is 12.3. The summed E-state index contributed by atoms with van der Waals surface area (Å²) in [4.78, 5) is 33.2. The molecule has 2 aromatic heterocycles. The Kier molecular flexibility index (Phi) is 3.90. The third-order valence-corrected chi connectivity index (χ3v) is 5.76. The van der Waals surface area contributed by atoms with E-state index in [4.69, 9.17) is 0 Å². The first-order valence-corrected chi connectivity index (χ1v) is 9.39. The van der Waals surface area contributed by atoms with Gasteiger partial charge in [0, 0.05) is 50.0 Å². The Hall–Kier alpha value is -1.74. The van der Waals surface area contributed by atoms with Gasteiger partial charge in [-0.2, -0.15) is 0 Å². The molecule has 0 aliphatic carbocycles. The maximum Gasteiger partial charge on any atom is 0.267 e. The first-order valence-electron chi connectivity index (χ1n) is 7.42. The number of hydrogen-bond acceptors (Lipinski definition) is 6. The molecule has 0 fully saturated rings. The van der Waals surface area contributed by atoms with Crippen molar-refractivity contribution >= 4 is 29.4 Å². The van der Waals surface area contributed by atoms with Gasteiger partial charge in [0.25, 0.3) is 11.5 Å². The van der Waals surface area contributed by atoms with Gasteiger partial charge in [-0.15, -0.1) is 0 Å². The Labute approximate surface area is 140 Å². The molecule has 0 spiro atoms. The number of amides is 1. The molecule has 1 N–H and O–H groups in total. The lowest BCUT2D eigenvalue weighted by Crippen LogP contribution is -2.34. The number of imidazole rings is 1. The minimum Gasteiger partial charge on any atom is -0.351 e. The van der Waals surface area contributed by atoms with Gasteiger partial charge in [-0.3, -0.25) is 14.2 Å². The minimum absolute atomic E-state index is 0.110. The molecule has 0 bridgehead atoms. The predicted molar refractivity (Wildman–Crippen MR) is 88.2 cm³/mol. The minimum atomic E-state index is -0.365. The third kappa shape index (κ3) is 2.78. The highest BCUT2D eigenvalue weighted by Crippen LogP contribution is 2.24. The second kappa shape index (κ2) is 6.04. The van der Waals surface area contributed by atoms with E-state index in [1.165, 1.54) is 18.0 Å². The Morgan fingerprint density at radius 1 is 1.26 bits per heavy atom. The number of nitrogens with one attached hydrogen (secondary N) is 1. The summed E-state index contributed by atoms with van der Waals surface area (Å²) in [5, 5.41) is 4.53. The summed E-state index contributed by atoms with van der Waals surface area (Å²) in [5.41, 5.74) is 0.821. The van der Waals surface area contributed by atoms with Crippen molar-refractivity contribution in [3.8, 4) is 0 Å². The average molecular weight is 349 g/mol. The molecule has 120 valence electrons. The Morgan fingerprint density at radius 2 is 2.09 bits per heavy atom. The standard InChI is InChI=1S/C14H15N5O2S2/c20-11(10-7-16-13-19(12(10)21)4-6-22-13)15-2-1-9-8-18-3-5-23-14(18)17-9/h7-8H,1-6H2,(H,15,20). The summed E-state index contributed by atoms with van der Waals surface area (Å²) in [5.74, 6) is 1.54. The van der Waals surface area contributed by atoms with Crippen molar-refractivity contribution in [3.05, 3.63) is 34.0 Å². The molecule has 23 heavy (non-hydrogen) atoms. The van der Waals surface area contributed by atoms with Gasteiger partial charge in [0.15, 0.2) is 10.3 Å². The second-order valence-electron chi connectivity index (χ2n) is 5.32. The summed E-state index contributed by atoms with van der Waals surface area (Å²) >= 11 is 3.29. The normalized spacial score (nSPS) is 15.5. The lowest BCUT2D eigenvalue weighted by Gasteiger charge is -2.06. The van der Waals surface area contributed by atoms with Crippen molar-refractivity contribution in [1.29, 1.82) is 0 Å². The molecule has 0 saturated carbocycles. The molecular formula is C14H15N5O2S2. The predicted octanol–water partition coefficient (Wildman–Crippen LogP) is 0.624. The fraction of sp³-hybridized carbons (Fsp3) is 0.429. The van der Waals surface area contributed by atoms with E-state index in [-0.39, 0.29) is 17.0 Å². The summed E-state index contributed by atoms with van der Waals surface area (Å²) in [7, 11) is 0. The van der Waals surface area contributed by atoms with Gasteiger partial charge >= 0.3 is 0 Å². The second-order valence-corrected chi connectivity index (χ2v) is 7.45. The molecule has 9 heteroatoms. The molecule has 4 heterocycles. The van der Waals surface area contributed by atoms with Crippen LogP contribution >= 0.6 is 23.5 Å². The fourth-order valence-corrected chi connectivity index (χ4v) is 4.53. The van der Waals surface area contributed by atoms with Gasteiger partial charge in [0.1, 0.15) is 5.56 Å². The third-order valence-electron chi connectivity index (χ3n) is 3.82. The SMILES string of the molecule is O=C(NCCc1cn2c(n1)SCC2)c1cnc2n(c1=O)CCS2. The van der Waals surface area contributed by atoms with Crippen LogP contribution in [0.5, 0.6) is 0 Å². The van der Waals surface area contributed by atoms with Crippen molar-refractivity contribution in [2.75, 3.05) is 18.1 Å². The largest absolute Gasteiger partial charge is 0.351 e. The van der Waals surface area contributed by atoms with Crippen molar-refractivity contribution < 1.29 is 4.79 Å². The number of aromatic nitrogens is 4. The summed E-state index contributed by atoms with van der Waals surface area (Å²) in [6, 6.07) is 0. The van der Waals surface area contributed by atoms with Crippen LogP contribution in [0.1, 0.15) is 16.1 Å². The van der Waals surface area contributed by atoms with Crippen LogP contribution in [0.3, 0.4) is 0 Å². The van der Waals surface area contributed by atoms with Crippen LogP contribution < -0.4 is 10.9 Å². The lowest BCUT2D eigenvalue weighted by molar-refractivity contribution is 0.0951. The first-order chi connectivity index (χ1) is 11.2.